The van der Waals surface area contributed by atoms with Gasteiger partial charge in [-0.2, -0.15) is 0 Å². The summed E-state index contributed by atoms with van der Waals surface area (Å²) < 4.78 is 8.45. The molecule has 15 heteroatoms. The molecule has 15 nitrogen and oxygen atoms in total. The number of amides is 4. The Labute approximate surface area is 387 Å². The van der Waals surface area contributed by atoms with Gasteiger partial charge in [0, 0.05) is 86.6 Å². The number of likely N-dealkylation sites (tertiary alicyclic amines) is 1. The largest absolute Gasteiger partial charge is 0.508 e. The van der Waals surface area contributed by atoms with Gasteiger partial charge in [0.2, 0.25) is 5.91 Å². The molecule has 4 aliphatic heterocycles. The molecule has 4 aliphatic rings. The van der Waals surface area contributed by atoms with Crippen LogP contribution in [0, 0.1) is 17.3 Å². The average molecular weight is 903 g/mol. The van der Waals surface area contributed by atoms with Crippen LogP contribution in [0.5, 0.6) is 5.75 Å². The molecule has 2 aromatic heterocycles. The lowest BCUT2D eigenvalue weighted by molar-refractivity contribution is -0.155. The number of pyridine rings is 1. The highest BCUT2D eigenvalue weighted by atomic mass is 16.5. The summed E-state index contributed by atoms with van der Waals surface area (Å²) in [7, 11) is 1.59. The number of aryl methyl sites for hydroxylation is 1. The number of esters is 1. The van der Waals surface area contributed by atoms with Gasteiger partial charge in [-0.1, -0.05) is 53.7 Å². The van der Waals surface area contributed by atoms with Crippen LogP contribution < -0.4 is 16.1 Å². The molecule has 352 valence electrons. The molecule has 0 unspecified atom stereocenters. The number of fused-ring (bicyclic) bond motifs is 6. The van der Waals surface area contributed by atoms with Crippen molar-refractivity contribution >= 4 is 40.5 Å². The van der Waals surface area contributed by atoms with Crippen LogP contribution in [-0.4, -0.2) is 123 Å². The molecule has 0 aliphatic carbocycles. The van der Waals surface area contributed by atoms with Crippen molar-refractivity contribution in [1.82, 2.24) is 40.4 Å². The van der Waals surface area contributed by atoms with Gasteiger partial charge in [-0.15, -0.1) is 0 Å². The van der Waals surface area contributed by atoms with E-state index >= 15 is 0 Å². The second-order valence-electron chi connectivity index (χ2n) is 20.3. The zero-order chi connectivity index (χ0) is 47.2. The molecule has 0 saturated carbocycles. The SMILES string of the molecule is CCn1c(-c2cccnc2C(C)C)c2c3cc(ccc31)-c1cc(O)cc(c1)C[C@H](NC(=O)[C@H](C(C)C)N(C)C(=O)N1CC(CC(=O)[C@H]3CN3)C1)C(=O)N1CCC[C@H](N1)C(=O)OCC(C)(C)C2. The number of likely N-dealkylation sites (N-methyl/N-ethyl adjacent to an activating group) is 1. The smallest absolute Gasteiger partial charge is 0.324 e. The summed E-state index contributed by atoms with van der Waals surface area (Å²) in [5.74, 6) is -1.34. The number of hydrazine groups is 1. The molecule has 6 bridgehead atoms. The van der Waals surface area contributed by atoms with Crippen LogP contribution in [-0.2, 0) is 43.3 Å². The lowest BCUT2D eigenvalue weighted by atomic mass is 9.83. The third-order valence-electron chi connectivity index (χ3n) is 13.6. The summed E-state index contributed by atoms with van der Waals surface area (Å²) >= 11 is 0. The topological polar surface area (TPSA) is 188 Å². The first-order chi connectivity index (χ1) is 31.4. The summed E-state index contributed by atoms with van der Waals surface area (Å²) in [6, 6.07) is 12.4. The standard InChI is InChI=1S/C51H66N8O7/c1-9-58-42-15-14-33-23-37(42)38(46(58)36-12-10-16-52-44(36)29(2)3)24-51(6,7)28-66-49(64)39-13-11-17-59(55-39)48(63)40(20-31-18-34(33)22-35(60)19-31)54-47(62)45(30(4)5)56(8)50(65)57-26-32(27-57)21-43(61)41-25-53-41/h10,12,14-16,18-19,22-23,29-30,32,39-41,45,53,55,60H,9,11,13,17,20-21,24-28H2,1-8H3,(H,54,62)/t39-,40-,41+,45-/m0/s1. The third-order valence-corrected chi connectivity index (χ3v) is 13.6. The molecule has 0 spiro atoms. The summed E-state index contributed by atoms with van der Waals surface area (Å²) in [5, 5.41) is 19.8. The van der Waals surface area contributed by atoms with Crippen molar-refractivity contribution in [2.24, 2.45) is 17.3 Å². The number of phenols is 1. The lowest BCUT2D eigenvalue weighted by Crippen LogP contribution is -2.63. The number of benzene rings is 2. The Bertz CT molecular complexity index is 2520. The van der Waals surface area contributed by atoms with Gasteiger partial charge in [-0.3, -0.25) is 29.2 Å². The fraction of sp³-hybridized carbons (Fsp3) is 0.529. The van der Waals surface area contributed by atoms with E-state index < -0.39 is 41.3 Å². The Kier molecular flexibility index (Phi) is 13.3. The van der Waals surface area contributed by atoms with Crippen molar-refractivity contribution in [1.29, 1.82) is 0 Å². The van der Waals surface area contributed by atoms with Crippen molar-refractivity contribution < 1.29 is 33.8 Å². The number of nitrogens with one attached hydrogen (secondary N) is 3. The number of hydrogen-bond donors (Lipinski definition) is 4. The Morgan fingerprint density at radius 1 is 1.05 bits per heavy atom. The first-order valence-electron chi connectivity index (χ1n) is 23.7. The monoisotopic (exact) mass is 903 g/mol. The van der Waals surface area contributed by atoms with Gasteiger partial charge in [0.1, 0.15) is 23.9 Å². The summed E-state index contributed by atoms with van der Waals surface area (Å²) in [6.45, 7) is 17.0. The van der Waals surface area contributed by atoms with E-state index in [2.05, 4.69) is 73.4 Å². The average Bonchev–Trinajstić information content (AvgIpc) is 4.08. The van der Waals surface area contributed by atoms with E-state index in [4.69, 9.17) is 9.72 Å². The number of aromatic nitrogens is 2. The number of rotatable bonds is 10. The highest BCUT2D eigenvalue weighted by Crippen LogP contribution is 2.42. The zero-order valence-corrected chi connectivity index (χ0v) is 39.6. The number of urea groups is 1. The second kappa shape index (κ2) is 18.8. The maximum absolute atomic E-state index is 14.7. The van der Waals surface area contributed by atoms with E-state index in [9.17, 15) is 29.1 Å². The van der Waals surface area contributed by atoms with Crippen molar-refractivity contribution in [3.8, 4) is 28.1 Å². The first kappa shape index (κ1) is 46.7. The molecule has 4 atom stereocenters. The number of hydrogen-bond acceptors (Lipinski definition) is 10. The summed E-state index contributed by atoms with van der Waals surface area (Å²) in [4.78, 5) is 77.2. The van der Waals surface area contributed by atoms with Crippen LogP contribution in [0.3, 0.4) is 0 Å². The molecule has 6 heterocycles. The fourth-order valence-electron chi connectivity index (χ4n) is 10.2. The number of carbonyl (C=O) groups excluding carboxylic acids is 5. The molecular weight excluding hydrogens is 837 g/mol. The molecule has 3 fully saturated rings. The van der Waals surface area contributed by atoms with E-state index in [0.717, 1.165) is 44.5 Å². The minimum Gasteiger partial charge on any atom is -0.508 e. The maximum atomic E-state index is 14.7. The molecule has 8 rings (SSSR count). The molecular formula is C51H66N8O7. The number of Topliss-reactive ketones (excluding diaryl/α,β-unsaturated/α-hetero) is 1. The highest BCUT2D eigenvalue weighted by Gasteiger charge is 2.42. The normalized spacial score (nSPS) is 21.6. The highest BCUT2D eigenvalue weighted by molar-refractivity contribution is 5.96. The number of carbonyl (C=O) groups is 5. The van der Waals surface area contributed by atoms with E-state index in [1.54, 1.807) is 24.1 Å². The Morgan fingerprint density at radius 2 is 1.80 bits per heavy atom. The number of ether oxygens (including phenoxy) is 1. The Balaban J connectivity index is 1.16. The lowest BCUT2D eigenvalue weighted by Gasteiger charge is -2.43. The van der Waals surface area contributed by atoms with E-state index in [1.807, 2.05) is 38.2 Å². The van der Waals surface area contributed by atoms with Crippen molar-refractivity contribution in [3.63, 3.8) is 0 Å². The Hall–Kier alpha value is -5.80. The molecule has 4 amide bonds. The van der Waals surface area contributed by atoms with E-state index in [0.29, 0.717) is 64.0 Å². The van der Waals surface area contributed by atoms with Gasteiger partial charge < -0.3 is 34.8 Å². The molecule has 0 radical (unpaired) electrons. The van der Waals surface area contributed by atoms with Gasteiger partial charge in [-0.05, 0) is 96.7 Å². The predicted molar refractivity (Wildman–Crippen MR) is 252 cm³/mol. The van der Waals surface area contributed by atoms with Gasteiger partial charge in [0.15, 0.2) is 5.78 Å². The minimum atomic E-state index is -1.14. The van der Waals surface area contributed by atoms with Crippen LogP contribution in [0.4, 0.5) is 4.79 Å². The molecule has 2 aromatic carbocycles. The Morgan fingerprint density at radius 3 is 2.50 bits per heavy atom. The summed E-state index contributed by atoms with van der Waals surface area (Å²) in [5.41, 5.74) is 10.1. The van der Waals surface area contributed by atoms with Crippen LogP contribution in [0.2, 0.25) is 0 Å². The minimum absolute atomic E-state index is 0.00637. The number of phenolic OH excluding ortho intramolecular Hbond substituents is 1. The van der Waals surface area contributed by atoms with Gasteiger partial charge in [0.25, 0.3) is 5.91 Å². The number of nitrogens with zero attached hydrogens (tertiary/aromatic N) is 5. The fourth-order valence-corrected chi connectivity index (χ4v) is 10.2. The van der Waals surface area contributed by atoms with E-state index in [-0.39, 0.29) is 54.4 Å². The van der Waals surface area contributed by atoms with Crippen LogP contribution in [0.15, 0.2) is 54.7 Å². The van der Waals surface area contributed by atoms with Gasteiger partial charge >= 0.3 is 12.0 Å². The molecule has 4 N–H and O–H groups in total. The first-order valence-corrected chi connectivity index (χ1v) is 23.7. The van der Waals surface area contributed by atoms with Crippen molar-refractivity contribution in [3.05, 3.63) is 71.5 Å². The third kappa shape index (κ3) is 9.69. The number of ketones is 1. The van der Waals surface area contributed by atoms with Crippen molar-refractivity contribution in [2.45, 2.75) is 117 Å². The van der Waals surface area contributed by atoms with Crippen molar-refractivity contribution in [2.75, 3.05) is 39.8 Å². The molecule has 4 aromatic rings. The molecule has 66 heavy (non-hydrogen) atoms. The van der Waals surface area contributed by atoms with Gasteiger partial charge in [0.05, 0.1) is 24.0 Å². The predicted octanol–water partition coefficient (Wildman–Crippen LogP) is 5.81. The van der Waals surface area contributed by atoms with Crippen LogP contribution >= 0.6 is 0 Å². The number of cyclic esters (lactones) is 1. The van der Waals surface area contributed by atoms with Crippen LogP contribution in [0.25, 0.3) is 33.3 Å². The molecule has 3 saturated heterocycles. The zero-order valence-electron chi connectivity index (χ0n) is 39.6. The second-order valence-corrected chi connectivity index (χ2v) is 20.3. The van der Waals surface area contributed by atoms with E-state index in [1.165, 1.54) is 9.91 Å². The number of aromatic hydroxyl groups is 1. The van der Waals surface area contributed by atoms with Gasteiger partial charge in [-0.25, -0.2) is 10.2 Å². The summed E-state index contributed by atoms with van der Waals surface area (Å²) in [6.07, 6.45) is 3.82. The van der Waals surface area contributed by atoms with Crippen LogP contribution in [0.1, 0.15) is 90.5 Å². The quantitative estimate of drug-likeness (QED) is 0.112. The maximum Gasteiger partial charge on any atom is 0.324 e.